The van der Waals surface area contributed by atoms with Crippen molar-refractivity contribution in [1.82, 2.24) is 15.5 Å². The number of rotatable bonds is 6. The van der Waals surface area contributed by atoms with Crippen LogP contribution in [0.5, 0.6) is 0 Å². The average Bonchev–Trinajstić information content (AvgIpc) is 2.21. The van der Waals surface area contributed by atoms with Gasteiger partial charge in [-0.1, -0.05) is 0 Å². The lowest BCUT2D eigenvalue weighted by atomic mass is 10.3. The van der Waals surface area contributed by atoms with E-state index in [2.05, 4.69) is 10.6 Å². The van der Waals surface area contributed by atoms with Gasteiger partial charge in [-0.05, 0) is 21.0 Å². The lowest BCUT2D eigenvalue weighted by molar-refractivity contribution is -0.146. The Labute approximate surface area is 94.4 Å². The second-order valence-corrected chi connectivity index (χ2v) is 3.76. The van der Waals surface area contributed by atoms with Crippen LogP contribution in [0.4, 0.5) is 4.79 Å². The van der Waals surface area contributed by atoms with E-state index >= 15 is 0 Å². The molecule has 2 amide bonds. The van der Waals surface area contributed by atoms with Gasteiger partial charge >= 0.3 is 12.0 Å². The second kappa shape index (κ2) is 7.02. The third-order valence-corrected chi connectivity index (χ3v) is 2.18. The van der Waals surface area contributed by atoms with Crippen molar-refractivity contribution < 1.29 is 19.8 Å². The minimum absolute atomic E-state index is 0.176. The molecule has 4 N–H and O–H groups in total. The number of carboxylic acid groups (broad SMARTS) is 1. The zero-order chi connectivity index (χ0) is 12.7. The first-order valence-electron chi connectivity index (χ1n) is 4.93. The molecule has 0 aromatic heterocycles. The highest BCUT2D eigenvalue weighted by Gasteiger charge is 2.14. The van der Waals surface area contributed by atoms with Crippen molar-refractivity contribution >= 4 is 12.0 Å². The van der Waals surface area contributed by atoms with E-state index in [1.807, 2.05) is 25.9 Å². The molecule has 0 fully saturated rings. The van der Waals surface area contributed by atoms with Crippen LogP contribution in [0.3, 0.4) is 0 Å². The Balaban J connectivity index is 3.71. The Kier molecular flexibility index (Phi) is 6.43. The molecule has 0 saturated carbocycles. The summed E-state index contributed by atoms with van der Waals surface area (Å²) in [5.41, 5.74) is 0. The fraction of sp³-hybridized carbons (Fsp3) is 0.778. The van der Waals surface area contributed by atoms with Gasteiger partial charge in [0.1, 0.15) is 0 Å². The van der Waals surface area contributed by atoms with E-state index in [0.29, 0.717) is 6.54 Å². The van der Waals surface area contributed by atoms with Gasteiger partial charge in [-0.25, -0.2) is 9.59 Å². The molecule has 0 bridgehead atoms. The molecule has 7 heteroatoms. The van der Waals surface area contributed by atoms with Gasteiger partial charge in [0, 0.05) is 12.6 Å². The normalized spacial score (nSPS) is 14.3. The SMILES string of the molecule is CC(CNC(=O)NC[C@H](O)C(=O)O)N(C)C. The lowest BCUT2D eigenvalue weighted by Gasteiger charge is -2.20. The molecule has 0 radical (unpaired) electrons. The Morgan fingerprint density at radius 2 is 1.75 bits per heavy atom. The second-order valence-electron chi connectivity index (χ2n) is 3.76. The number of amides is 2. The summed E-state index contributed by atoms with van der Waals surface area (Å²) in [4.78, 5) is 23.3. The number of urea groups is 1. The van der Waals surface area contributed by atoms with E-state index in [1.54, 1.807) is 0 Å². The molecule has 16 heavy (non-hydrogen) atoms. The molecule has 0 aromatic carbocycles. The molecule has 0 spiro atoms. The summed E-state index contributed by atoms with van der Waals surface area (Å²) in [6.07, 6.45) is -1.57. The zero-order valence-corrected chi connectivity index (χ0v) is 9.73. The predicted molar refractivity (Wildman–Crippen MR) is 58.2 cm³/mol. The van der Waals surface area contributed by atoms with Crippen LogP contribution in [0.15, 0.2) is 0 Å². The Hall–Kier alpha value is -1.34. The molecule has 0 saturated heterocycles. The van der Waals surface area contributed by atoms with Crippen molar-refractivity contribution in [3.05, 3.63) is 0 Å². The largest absolute Gasteiger partial charge is 0.479 e. The standard InChI is InChI=1S/C9H19N3O4/c1-6(12(2)3)4-10-9(16)11-5-7(13)8(14)15/h6-7,13H,4-5H2,1-3H3,(H,14,15)(H2,10,11,16)/t6?,7-/m0/s1. The third-order valence-electron chi connectivity index (χ3n) is 2.18. The molecule has 1 unspecified atom stereocenters. The number of carboxylic acids is 1. The zero-order valence-electron chi connectivity index (χ0n) is 9.73. The van der Waals surface area contributed by atoms with Gasteiger partial charge in [-0.15, -0.1) is 0 Å². The maximum Gasteiger partial charge on any atom is 0.334 e. The quantitative estimate of drug-likeness (QED) is 0.456. The maximum atomic E-state index is 11.2. The summed E-state index contributed by atoms with van der Waals surface area (Å²) in [6.45, 7) is 2.08. The number of likely N-dealkylation sites (N-methyl/N-ethyl adjacent to an activating group) is 1. The van der Waals surface area contributed by atoms with Crippen LogP contribution < -0.4 is 10.6 Å². The minimum atomic E-state index is -1.57. The molecule has 0 aromatic rings. The van der Waals surface area contributed by atoms with Crippen molar-refractivity contribution in [2.24, 2.45) is 0 Å². The van der Waals surface area contributed by atoms with Gasteiger partial charge < -0.3 is 25.7 Å². The third kappa shape index (κ3) is 6.20. The molecule has 7 nitrogen and oxygen atoms in total. The highest BCUT2D eigenvalue weighted by molar-refractivity contribution is 5.76. The van der Waals surface area contributed by atoms with Crippen LogP contribution in [0.25, 0.3) is 0 Å². The number of aliphatic hydroxyl groups excluding tert-OH is 1. The van der Waals surface area contributed by atoms with E-state index in [0.717, 1.165) is 0 Å². The first kappa shape index (κ1) is 14.7. The molecule has 0 aliphatic carbocycles. The highest BCUT2D eigenvalue weighted by Crippen LogP contribution is 1.88. The van der Waals surface area contributed by atoms with E-state index in [4.69, 9.17) is 10.2 Å². The number of hydrogen-bond donors (Lipinski definition) is 4. The smallest absolute Gasteiger partial charge is 0.334 e. The number of nitrogens with one attached hydrogen (secondary N) is 2. The van der Waals surface area contributed by atoms with Crippen molar-refractivity contribution in [1.29, 1.82) is 0 Å². The van der Waals surface area contributed by atoms with Gasteiger partial charge in [-0.2, -0.15) is 0 Å². The molecule has 2 atom stereocenters. The Bertz CT molecular complexity index is 245. The monoisotopic (exact) mass is 233 g/mol. The van der Waals surface area contributed by atoms with E-state index in [1.165, 1.54) is 0 Å². The van der Waals surface area contributed by atoms with Crippen LogP contribution in [0.2, 0.25) is 0 Å². The Morgan fingerprint density at radius 3 is 2.19 bits per heavy atom. The summed E-state index contributed by atoms with van der Waals surface area (Å²) in [5.74, 6) is -1.36. The predicted octanol–water partition coefficient (Wildman–Crippen LogP) is -1.32. The van der Waals surface area contributed by atoms with Crippen molar-refractivity contribution in [3.8, 4) is 0 Å². The summed E-state index contributed by atoms with van der Waals surface area (Å²) >= 11 is 0. The van der Waals surface area contributed by atoms with Crippen LogP contribution in [-0.4, -0.2) is 66.4 Å². The summed E-state index contributed by atoms with van der Waals surface area (Å²) in [5, 5.41) is 22.1. The van der Waals surface area contributed by atoms with Gasteiger partial charge in [0.2, 0.25) is 0 Å². The number of aliphatic hydroxyl groups is 1. The average molecular weight is 233 g/mol. The van der Waals surface area contributed by atoms with Gasteiger partial charge in [-0.3, -0.25) is 0 Å². The molecular formula is C9H19N3O4. The van der Waals surface area contributed by atoms with Crippen molar-refractivity contribution in [2.75, 3.05) is 27.2 Å². The van der Waals surface area contributed by atoms with E-state index in [-0.39, 0.29) is 12.6 Å². The maximum absolute atomic E-state index is 11.2. The van der Waals surface area contributed by atoms with Gasteiger partial charge in [0.15, 0.2) is 6.10 Å². The van der Waals surface area contributed by atoms with Crippen LogP contribution >= 0.6 is 0 Å². The first-order valence-corrected chi connectivity index (χ1v) is 4.93. The molecule has 0 heterocycles. The number of nitrogens with zero attached hydrogens (tertiary/aromatic N) is 1. The summed E-state index contributed by atoms with van der Waals surface area (Å²) in [7, 11) is 3.77. The molecule has 0 aliphatic rings. The fourth-order valence-corrected chi connectivity index (χ4v) is 0.762. The topological polar surface area (TPSA) is 102 Å². The van der Waals surface area contributed by atoms with Crippen molar-refractivity contribution in [2.45, 2.75) is 19.1 Å². The molecule has 0 aliphatic heterocycles. The van der Waals surface area contributed by atoms with E-state index < -0.39 is 18.1 Å². The molecule has 0 rings (SSSR count). The molecular weight excluding hydrogens is 214 g/mol. The highest BCUT2D eigenvalue weighted by atomic mass is 16.4. The van der Waals surface area contributed by atoms with Crippen molar-refractivity contribution in [3.63, 3.8) is 0 Å². The van der Waals surface area contributed by atoms with Crippen LogP contribution in [0, 0.1) is 0 Å². The van der Waals surface area contributed by atoms with E-state index in [9.17, 15) is 9.59 Å². The number of aliphatic carboxylic acids is 1. The molecule has 94 valence electrons. The lowest BCUT2D eigenvalue weighted by Crippen LogP contribution is -2.45. The van der Waals surface area contributed by atoms with Crippen LogP contribution in [-0.2, 0) is 4.79 Å². The fourth-order valence-electron chi connectivity index (χ4n) is 0.762. The number of carbonyl (C=O) groups is 2. The van der Waals surface area contributed by atoms with Gasteiger partial charge in [0.05, 0.1) is 6.54 Å². The Morgan fingerprint density at radius 1 is 1.25 bits per heavy atom. The number of carbonyl (C=O) groups excluding carboxylic acids is 1. The summed E-state index contributed by atoms with van der Waals surface area (Å²) in [6, 6.07) is -0.316. The number of hydrogen-bond acceptors (Lipinski definition) is 4. The van der Waals surface area contributed by atoms with Gasteiger partial charge in [0.25, 0.3) is 0 Å². The minimum Gasteiger partial charge on any atom is -0.479 e. The first-order chi connectivity index (χ1) is 7.34. The van der Waals surface area contributed by atoms with Crippen LogP contribution in [0.1, 0.15) is 6.92 Å². The summed E-state index contributed by atoms with van der Waals surface area (Å²) < 4.78 is 0.